The summed E-state index contributed by atoms with van der Waals surface area (Å²) in [6.45, 7) is 0. The lowest BCUT2D eigenvalue weighted by atomic mass is 10.2. The Kier molecular flexibility index (Phi) is 2.86. The van der Waals surface area contributed by atoms with Gasteiger partial charge in [0, 0.05) is 18.8 Å². The summed E-state index contributed by atoms with van der Waals surface area (Å²) in [5.41, 5.74) is 2.71. The number of rotatable bonds is 2. The Morgan fingerprint density at radius 2 is 2.10 bits per heavy atom. The number of hydrogen-bond acceptors (Lipinski definition) is 6. The lowest BCUT2D eigenvalue weighted by Gasteiger charge is -2.02. The van der Waals surface area contributed by atoms with Crippen LogP contribution in [0.4, 0.5) is 0 Å². The molecule has 3 heterocycles. The molecule has 0 saturated carbocycles. The van der Waals surface area contributed by atoms with Crippen LogP contribution in [0.1, 0.15) is 10.5 Å². The second-order valence-electron chi connectivity index (χ2n) is 4.19. The fourth-order valence-corrected chi connectivity index (χ4v) is 1.81. The van der Waals surface area contributed by atoms with Crippen molar-refractivity contribution >= 4 is 17.1 Å². The summed E-state index contributed by atoms with van der Waals surface area (Å²) in [4.78, 5) is 24.3. The summed E-state index contributed by atoms with van der Waals surface area (Å²) in [5.74, 6) is -0.500. The molecule has 7 nitrogen and oxygen atoms in total. The van der Waals surface area contributed by atoms with E-state index in [1.807, 2.05) is 13.2 Å². The SMILES string of the molecule is COC(=O)c1ccc2ncc(-c3cnn(C)c3)nc2n1. The fourth-order valence-electron chi connectivity index (χ4n) is 1.81. The highest BCUT2D eigenvalue weighted by atomic mass is 16.5. The molecule has 0 aromatic carbocycles. The van der Waals surface area contributed by atoms with E-state index in [9.17, 15) is 4.79 Å². The lowest BCUT2D eigenvalue weighted by molar-refractivity contribution is 0.0594. The number of nitrogens with zero attached hydrogens (tertiary/aromatic N) is 5. The molecule has 0 spiro atoms. The Bertz CT molecular complexity index is 796. The first-order valence-corrected chi connectivity index (χ1v) is 5.88. The number of esters is 1. The second kappa shape index (κ2) is 4.69. The third-order valence-corrected chi connectivity index (χ3v) is 2.80. The summed E-state index contributed by atoms with van der Waals surface area (Å²) in [7, 11) is 3.14. The van der Waals surface area contributed by atoms with E-state index in [-0.39, 0.29) is 5.69 Å². The predicted octanol–water partition coefficient (Wildman–Crippen LogP) is 1.21. The van der Waals surface area contributed by atoms with Gasteiger partial charge in [-0.1, -0.05) is 0 Å². The largest absolute Gasteiger partial charge is 0.464 e. The number of hydrogen-bond donors (Lipinski definition) is 0. The first-order chi connectivity index (χ1) is 9.67. The van der Waals surface area contributed by atoms with Crippen molar-refractivity contribution in [2.45, 2.75) is 0 Å². The van der Waals surface area contributed by atoms with Crippen LogP contribution in [0.15, 0.2) is 30.7 Å². The molecule has 20 heavy (non-hydrogen) atoms. The number of fused-ring (bicyclic) bond motifs is 1. The van der Waals surface area contributed by atoms with Crippen molar-refractivity contribution in [2.75, 3.05) is 7.11 Å². The van der Waals surface area contributed by atoms with Crippen molar-refractivity contribution in [3.8, 4) is 11.3 Å². The molecule has 0 saturated heterocycles. The molecule has 3 rings (SSSR count). The highest BCUT2D eigenvalue weighted by Gasteiger charge is 2.10. The van der Waals surface area contributed by atoms with Gasteiger partial charge in [0.1, 0.15) is 5.52 Å². The zero-order chi connectivity index (χ0) is 14.1. The van der Waals surface area contributed by atoms with Gasteiger partial charge in [-0.3, -0.25) is 9.67 Å². The Balaban J connectivity index is 2.11. The molecular formula is C13H11N5O2. The van der Waals surface area contributed by atoms with Gasteiger partial charge in [0.05, 0.1) is 25.2 Å². The number of aromatic nitrogens is 5. The monoisotopic (exact) mass is 269 g/mol. The lowest BCUT2D eigenvalue weighted by Crippen LogP contribution is -2.05. The second-order valence-corrected chi connectivity index (χ2v) is 4.19. The van der Waals surface area contributed by atoms with Crippen LogP contribution in [-0.4, -0.2) is 37.8 Å². The van der Waals surface area contributed by atoms with Crippen LogP contribution in [0.5, 0.6) is 0 Å². The summed E-state index contributed by atoms with van der Waals surface area (Å²) in [5, 5.41) is 4.09. The fraction of sp³-hybridized carbons (Fsp3) is 0.154. The first kappa shape index (κ1) is 12.2. The van der Waals surface area contributed by atoms with Crippen LogP contribution in [0.3, 0.4) is 0 Å². The third kappa shape index (κ3) is 2.09. The number of pyridine rings is 1. The van der Waals surface area contributed by atoms with Gasteiger partial charge in [-0.25, -0.2) is 14.8 Å². The number of aryl methyl sites for hydroxylation is 1. The van der Waals surface area contributed by atoms with Crippen LogP contribution < -0.4 is 0 Å². The van der Waals surface area contributed by atoms with Gasteiger partial charge in [-0.15, -0.1) is 0 Å². The topological polar surface area (TPSA) is 82.8 Å². The van der Waals surface area contributed by atoms with Gasteiger partial charge < -0.3 is 4.74 Å². The molecule has 0 bridgehead atoms. The smallest absolute Gasteiger partial charge is 0.356 e. The van der Waals surface area contributed by atoms with Crippen LogP contribution >= 0.6 is 0 Å². The normalized spacial score (nSPS) is 10.7. The molecule has 3 aromatic rings. The molecule has 0 unspecified atom stereocenters. The van der Waals surface area contributed by atoms with E-state index in [4.69, 9.17) is 0 Å². The quantitative estimate of drug-likeness (QED) is 0.650. The van der Waals surface area contributed by atoms with Gasteiger partial charge >= 0.3 is 5.97 Å². The molecule has 3 aromatic heterocycles. The zero-order valence-electron chi connectivity index (χ0n) is 10.9. The molecule has 100 valence electrons. The van der Waals surface area contributed by atoms with Crippen LogP contribution in [0.2, 0.25) is 0 Å². The molecule has 0 aliphatic heterocycles. The molecule has 0 aliphatic carbocycles. The Hall–Kier alpha value is -2.83. The molecule has 0 fully saturated rings. The number of carbonyl (C=O) groups excluding carboxylic acids is 1. The van der Waals surface area contributed by atoms with Crippen molar-refractivity contribution < 1.29 is 9.53 Å². The van der Waals surface area contributed by atoms with Gasteiger partial charge in [-0.2, -0.15) is 5.10 Å². The summed E-state index contributed by atoms with van der Waals surface area (Å²) >= 11 is 0. The van der Waals surface area contributed by atoms with Gasteiger partial charge in [0.2, 0.25) is 0 Å². The first-order valence-electron chi connectivity index (χ1n) is 5.88. The van der Waals surface area contributed by atoms with Crippen molar-refractivity contribution in [3.05, 3.63) is 36.4 Å². The molecule has 0 aliphatic rings. The van der Waals surface area contributed by atoms with E-state index in [1.54, 1.807) is 29.2 Å². The van der Waals surface area contributed by atoms with Crippen molar-refractivity contribution in [3.63, 3.8) is 0 Å². The van der Waals surface area contributed by atoms with Crippen LogP contribution in [0, 0.1) is 0 Å². The third-order valence-electron chi connectivity index (χ3n) is 2.80. The minimum absolute atomic E-state index is 0.206. The van der Waals surface area contributed by atoms with Gasteiger partial charge in [0.25, 0.3) is 0 Å². The Morgan fingerprint density at radius 3 is 2.80 bits per heavy atom. The summed E-state index contributed by atoms with van der Waals surface area (Å²) in [6.07, 6.45) is 5.18. The maximum absolute atomic E-state index is 11.5. The predicted molar refractivity (Wildman–Crippen MR) is 70.9 cm³/mol. The van der Waals surface area contributed by atoms with E-state index in [0.717, 1.165) is 5.56 Å². The number of ether oxygens (including phenoxy) is 1. The van der Waals surface area contributed by atoms with Crippen molar-refractivity contribution in [2.24, 2.45) is 7.05 Å². The Labute approximate surface area is 114 Å². The summed E-state index contributed by atoms with van der Waals surface area (Å²) < 4.78 is 6.32. The van der Waals surface area contributed by atoms with Gasteiger partial charge in [0.15, 0.2) is 11.3 Å². The van der Waals surface area contributed by atoms with E-state index < -0.39 is 5.97 Å². The average molecular weight is 269 g/mol. The van der Waals surface area contributed by atoms with Crippen LogP contribution in [-0.2, 0) is 11.8 Å². The minimum atomic E-state index is -0.500. The van der Waals surface area contributed by atoms with Crippen molar-refractivity contribution in [1.82, 2.24) is 24.7 Å². The molecule has 0 radical (unpaired) electrons. The van der Waals surface area contributed by atoms with Crippen LogP contribution in [0.25, 0.3) is 22.4 Å². The van der Waals surface area contributed by atoms with Crippen molar-refractivity contribution in [1.29, 1.82) is 0 Å². The molecule has 0 atom stereocenters. The highest BCUT2D eigenvalue weighted by Crippen LogP contribution is 2.17. The molecule has 0 N–H and O–H groups in total. The number of carbonyl (C=O) groups is 1. The molecule has 0 amide bonds. The van der Waals surface area contributed by atoms with E-state index in [1.165, 1.54) is 7.11 Å². The maximum atomic E-state index is 11.5. The molecular weight excluding hydrogens is 258 g/mol. The van der Waals surface area contributed by atoms with Gasteiger partial charge in [-0.05, 0) is 12.1 Å². The van der Waals surface area contributed by atoms with E-state index >= 15 is 0 Å². The maximum Gasteiger partial charge on any atom is 0.356 e. The number of methoxy groups -OCH3 is 1. The molecule has 7 heteroatoms. The highest BCUT2D eigenvalue weighted by molar-refractivity contribution is 5.89. The zero-order valence-corrected chi connectivity index (χ0v) is 10.9. The van der Waals surface area contributed by atoms with E-state index in [0.29, 0.717) is 16.9 Å². The van der Waals surface area contributed by atoms with E-state index in [2.05, 4.69) is 24.8 Å². The Morgan fingerprint density at radius 1 is 1.25 bits per heavy atom. The minimum Gasteiger partial charge on any atom is -0.464 e. The summed E-state index contributed by atoms with van der Waals surface area (Å²) in [6, 6.07) is 3.25. The average Bonchev–Trinajstić information content (AvgIpc) is 2.92. The standard InChI is InChI=1S/C13H11N5O2/c1-18-7-8(5-15-18)11-6-14-9-3-4-10(13(19)20-2)16-12(9)17-11/h3-7H,1-2H3.